The zero-order chi connectivity index (χ0) is 28.8. The van der Waals surface area contributed by atoms with Crippen molar-refractivity contribution in [3.63, 3.8) is 0 Å². The Hall–Kier alpha value is -4.01. The van der Waals surface area contributed by atoms with Crippen molar-refractivity contribution in [2.75, 3.05) is 45.4 Å². The number of hydrogen-bond donors (Lipinski definition) is 0. The maximum Gasteiger partial charge on any atom is 0.266 e. The molecule has 212 valence electrons. The number of thioether (sulfide) groups is 1. The summed E-state index contributed by atoms with van der Waals surface area (Å²) in [5.74, 6) is 1.20. The molecule has 0 atom stereocenters. The third kappa shape index (κ3) is 6.84. The van der Waals surface area contributed by atoms with Crippen molar-refractivity contribution in [3.05, 3.63) is 100 Å². The molecular weight excluding hydrogens is 534 g/mol. The van der Waals surface area contributed by atoms with Crippen LogP contribution in [0.3, 0.4) is 0 Å². The summed E-state index contributed by atoms with van der Waals surface area (Å²) >= 11 is 1.36. The Morgan fingerprint density at radius 2 is 1.80 bits per heavy atom. The van der Waals surface area contributed by atoms with Gasteiger partial charge in [-0.1, -0.05) is 35.9 Å². The van der Waals surface area contributed by atoms with Crippen LogP contribution in [-0.4, -0.2) is 56.4 Å². The molecule has 1 amide bonds. The van der Waals surface area contributed by atoms with Gasteiger partial charge in [0.25, 0.3) is 5.91 Å². The fourth-order valence-electron chi connectivity index (χ4n) is 4.70. The molecular formula is C33H35N3O4S. The van der Waals surface area contributed by atoms with Gasteiger partial charge in [-0.15, -0.1) is 6.58 Å². The standard InChI is InChI=1S/C33H35N3O4S/c1-5-6-26-19-25(20-29(38-4)31(26)40-22-24-9-7-23(2)8-10-24)21-30-32(37)35(3)33(41-30)34-27-11-13-28(14-12-27)36-15-17-39-18-16-36/h5,7-14,19-21H,1,6,15-18,22H2,2-4H3/b30-21-,34-33?. The average molecular weight is 570 g/mol. The van der Waals surface area contributed by atoms with Crippen molar-refractivity contribution in [2.45, 2.75) is 20.0 Å². The van der Waals surface area contributed by atoms with Crippen LogP contribution in [0.15, 0.2) is 83.2 Å². The molecule has 2 heterocycles. The van der Waals surface area contributed by atoms with Gasteiger partial charge in [-0.05, 0) is 78.7 Å². The van der Waals surface area contributed by atoms with E-state index in [2.05, 4.69) is 54.8 Å². The zero-order valence-corrected chi connectivity index (χ0v) is 24.6. The highest BCUT2D eigenvalue weighted by atomic mass is 32.2. The first kappa shape index (κ1) is 28.5. The molecule has 3 aromatic rings. The highest BCUT2D eigenvalue weighted by Crippen LogP contribution is 2.38. The van der Waals surface area contributed by atoms with Crippen molar-refractivity contribution in [3.8, 4) is 11.5 Å². The minimum absolute atomic E-state index is 0.0948. The first-order valence-corrected chi connectivity index (χ1v) is 14.5. The van der Waals surface area contributed by atoms with Crippen molar-refractivity contribution in [1.29, 1.82) is 0 Å². The summed E-state index contributed by atoms with van der Waals surface area (Å²) < 4.78 is 17.4. The highest BCUT2D eigenvalue weighted by molar-refractivity contribution is 8.18. The Balaban J connectivity index is 1.36. The van der Waals surface area contributed by atoms with Crippen LogP contribution in [0.2, 0.25) is 0 Å². The van der Waals surface area contributed by atoms with Gasteiger partial charge in [-0.25, -0.2) is 4.99 Å². The summed E-state index contributed by atoms with van der Waals surface area (Å²) in [6, 6.07) is 20.3. The molecule has 3 aromatic carbocycles. The number of morpholine rings is 1. The lowest BCUT2D eigenvalue weighted by Gasteiger charge is -2.28. The largest absolute Gasteiger partial charge is 0.493 e. The van der Waals surface area contributed by atoms with E-state index in [1.54, 1.807) is 19.1 Å². The van der Waals surface area contributed by atoms with Crippen LogP contribution < -0.4 is 14.4 Å². The Morgan fingerprint density at radius 1 is 1.07 bits per heavy atom. The van der Waals surface area contributed by atoms with E-state index < -0.39 is 0 Å². The molecule has 0 saturated carbocycles. The summed E-state index contributed by atoms with van der Waals surface area (Å²) in [5.41, 5.74) is 6.02. The first-order valence-electron chi connectivity index (χ1n) is 13.6. The van der Waals surface area contributed by atoms with Crippen molar-refractivity contribution in [2.24, 2.45) is 4.99 Å². The third-order valence-corrected chi connectivity index (χ3v) is 8.05. The summed E-state index contributed by atoms with van der Waals surface area (Å²) in [6.45, 7) is 9.66. The van der Waals surface area contributed by atoms with Crippen LogP contribution in [0.5, 0.6) is 11.5 Å². The fourth-order valence-corrected chi connectivity index (χ4v) is 5.69. The van der Waals surface area contributed by atoms with E-state index in [-0.39, 0.29) is 5.91 Å². The third-order valence-electron chi connectivity index (χ3n) is 6.99. The van der Waals surface area contributed by atoms with Gasteiger partial charge in [0.1, 0.15) is 6.61 Å². The van der Waals surface area contributed by atoms with Crippen molar-refractivity contribution in [1.82, 2.24) is 4.90 Å². The Kier molecular flexibility index (Phi) is 9.11. The number of carbonyl (C=O) groups excluding carboxylic acids is 1. The van der Waals surface area contributed by atoms with Gasteiger partial charge in [0.2, 0.25) is 0 Å². The van der Waals surface area contributed by atoms with Crippen molar-refractivity contribution < 1.29 is 19.0 Å². The predicted molar refractivity (Wildman–Crippen MR) is 167 cm³/mol. The van der Waals surface area contributed by atoms with Gasteiger partial charge in [0.05, 0.1) is 30.9 Å². The van der Waals surface area contributed by atoms with E-state index in [4.69, 9.17) is 19.2 Å². The maximum atomic E-state index is 13.2. The van der Waals surface area contributed by atoms with Crippen LogP contribution in [0.4, 0.5) is 11.4 Å². The topological polar surface area (TPSA) is 63.6 Å². The molecule has 7 nitrogen and oxygen atoms in total. The van der Waals surface area contributed by atoms with E-state index >= 15 is 0 Å². The summed E-state index contributed by atoms with van der Waals surface area (Å²) in [6.07, 6.45) is 4.32. The summed E-state index contributed by atoms with van der Waals surface area (Å²) in [7, 11) is 3.38. The summed E-state index contributed by atoms with van der Waals surface area (Å²) in [4.78, 5) is 22.4. The van der Waals surface area contributed by atoms with Crippen LogP contribution in [-0.2, 0) is 22.6 Å². The molecule has 0 aliphatic carbocycles. The lowest BCUT2D eigenvalue weighted by atomic mass is 10.0. The van der Waals surface area contributed by atoms with Crippen molar-refractivity contribution >= 4 is 40.3 Å². The number of ether oxygens (including phenoxy) is 3. The molecule has 2 fully saturated rings. The van der Waals surface area contributed by atoms with Crippen LogP contribution in [0.1, 0.15) is 22.3 Å². The highest BCUT2D eigenvalue weighted by Gasteiger charge is 2.30. The molecule has 2 saturated heterocycles. The molecule has 0 spiro atoms. The lowest BCUT2D eigenvalue weighted by Crippen LogP contribution is -2.36. The second kappa shape index (κ2) is 13.1. The number of carbonyl (C=O) groups is 1. The van der Waals surface area contributed by atoms with E-state index in [1.807, 2.05) is 36.4 Å². The minimum Gasteiger partial charge on any atom is -0.493 e. The van der Waals surface area contributed by atoms with E-state index in [0.717, 1.165) is 54.4 Å². The van der Waals surface area contributed by atoms with E-state index in [0.29, 0.717) is 34.6 Å². The lowest BCUT2D eigenvalue weighted by molar-refractivity contribution is -0.121. The normalized spacial score (nSPS) is 17.4. The molecule has 0 N–H and O–H groups in total. The molecule has 0 unspecified atom stereocenters. The van der Waals surface area contributed by atoms with Gasteiger partial charge in [0.15, 0.2) is 16.7 Å². The Labute approximate surface area is 246 Å². The molecule has 0 bridgehead atoms. The number of nitrogens with zero attached hydrogens (tertiary/aromatic N) is 3. The zero-order valence-electron chi connectivity index (χ0n) is 23.8. The number of amidine groups is 1. The number of methoxy groups -OCH3 is 1. The van der Waals surface area contributed by atoms with Crippen LogP contribution >= 0.6 is 11.8 Å². The second-order valence-corrected chi connectivity index (χ2v) is 11.0. The molecule has 41 heavy (non-hydrogen) atoms. The molecule has 0 aromatic heterocycles. The second-order valence-electron chi connectivity index (χ2n) is 9.96. The number of aliphatic imine (C=N–C) groups is 1. The molecule has 5 rings (SSSR count). The van der Waals surface area contributed by atoms with Crippen LogP contribution in [0, 0.1) is 6.92 Å². The Bertz CT molecular complexity index is 1460. The van der Waals surface area contributed by atoms with Gasteiger partial charge in [-0.2, -0.15) is 0 Å². The number of allylic oxidation sites excluding steroid dienone is 1. The van der Waals surface area contributed by atoms with E-state index in [1.165, 1.54) is 17.3 Å². The van der Waals surface area contributed by atoms with Gasteiger partial charge in [0, 0.05) is 31.4 Å². The molecule has 8 heteroatoms. The number of amides is 1. The molecule has 2 aliphatic heterocycles. The fraction of sp³-hybridized carbons (Fsp3) is 0.273. The molecule has 0 radical (unpaired) electrons. The maximum absolute atomic E-state index is 13.2. The van der Waals surface area contributed by atoms with Gasteiger partial charge in [-0.3, -0.25) is 9.69 Å². The number of rotatable bonds is 9. The number of benzene rings is 3. The average Bonchev–Trinajstić information content (AvgIpc) is 3.25. The van der Waals surface area contributed by atoms with E-state index in [9.17, 15) is 4.79 Å². The quantitative estimate of drug-likeness (QED) is 0.220. The smallest absolute Gasteiger partial charge is 0.266 e. The number of anilines is 1. The number of hydrogen-bond acceptors (Lipinski definition) is 7. The van der Waals surface area contributed by atoms with Gasteiger partial charge >= 0.3 is 0 Å². The van der Waals surface area contributed by atoms with Crippen LogP contribution in [0.25, 0.3) is 6.08 Å². The SMILES string of the molecule is C=CCc1cc(/C=C2\SC(=Nc3ccc(N4CCOCC4)cc3)N(C)C2=O)cc(OC)c1OCc1ccc(C)cc1. The molecule has 2 aliphatic rings. The first-order chi connectivity index (χ1) is 19.9. The number of likely N-dealkylation sites (N-methyl/N-ethyl adjacent to an activating group) is 1. The van der Waals surface area contributed by atoms with Gasteiger partial charge < -0.3 is 19.1 Å². The number of aryl methyl sites for hydroxylation is 1. The minimum atomic E-state index is -0.0948. The Morgan fingerprint density at radius 3 is 2.49 bits per heavy atom. The predicted octanol–water partition coefficient (Wildman–Crippen LogP) is 6.38. The summed E-state index contributed by atoms with van der Waals surface area (Å²) in [5, 5.41) is 0.636. The monoisotopic (exact) mass is 569 g/mol.